The van der Waals surface area contributed by atoms with E-state index in [4.69, 9.17) is 4.74 Å². The highest BCUT2D eigenvalue weighted by Gasteiger charge is 2.21. The average Bonchev–Trinajstić information content (AvgIpc) is 2.73. The maximum Gasteiger partial charge on any atom is 0.408 e. The fraction of sp³-hybridized carbons (Fsp3) is 0.240. The van der Waals surface area contributed by atoms with Crippen molar-refractivity contribution in [2.24, 2.45) is 0 Å². The Hall–Kier alpha value is -3.67. The van der Waals surface area contributed by atoms with Gasteiger partial charge in [-0.2, -0.15) is 0 Å². The summed E-state index contributed by atoms with van der Waals surface area (Å²) in [5.41, 5.74) is 3.31. The van der Waals surface area contributed by atoms with Gasteiger partial charge in [0.15, 0.2) is 0 Å². The zero-order chi connectivity index (χ0) is 22.4. The number of rotatable bonds is 5. The van der Waals surface area contributed by atoms with Gasteiger partial charge >= 0.3 is 6.09 Å². The van der Waals surface area contributed by atoms with Gasteiger partial charge in [0.05, 0.1) is 6.04 Å². The first-order valence-corrected chi connectivity index (χ1v) is 10.1. The topological polar surface area (TPSA) is 80.3 Å². The number of anilines is 1. The number of pyridine rings is 1. The van der Waals surface area contributed by atoms with Crippen molar-refractivity contribution in [2.45, 2.75) is 39.3 Å². The van der Waals surface area contributed by atoms with E-state index in [1.54, 1.807) is 30.6 Å². The van der Waals surface area contributed by atoms with Gasteiger partial charge in [0.2, 0.25) is 0 Å². The van der Waals surface area contributed by atoms with Crippen molar-refractivity contribution >= 4 is 17.7 Å². The maximum absolute atomic E-state index is 12.8. The minimum absolute atomic E-state index is 0.220. The van der Waals surface area contributed by atoms with Crippen LogP contribution in [0, 0.1) is 0 Å². The number of hydrogen-bond donors (Lipinski definition) is 2. The molecule has 1 atom stereocenters. The highest BCUT2D eigenvalue weighted by atomic mass is 16.6. The standard InChI is InChI=1S/C25H27N3O3/c1-17(27-24(30)31-25(2,3)4)21-11-10-19(16-22(21)18-8-6-5-7-9-18)23(29)28-20-12-14-26-15-13-20/h5-17H,1-4H3,(H,27,30)(H,26,28,29). The Balaban J connectivity index is 1.90. The SMILES string of the molecule is CC(NC(=O)OC(C)(C)C)c1ccc(C(=O)Nc2ccncc2)cc1-c1ccccc1. The number of ether oxygens (including phenoxy) is 1. The fourth-order valence-corrected chi connectivity index (χ4v) is 3.14. The minimum atomic E-state index is -0.582. The van der Waals surface area contributed by atoms with E-state index in [0.717, 1.165) is 16.7 Å². The summed E-state index contributed by atoms with van der Waals surface area (Å²) in [5, 5.41) is 5.76. The summed E-state index contributed by atoms with van der Waals surface area (Å²) in [6.45, 7) is 7.36. The number of alkyl carbamates (subject to hydrolysis) is 1. The van der Waals surface area contributed by atoms with Gasteiger partial charge in [-0.15, -0.1) is 0 Å². The van der Waals surface area contributed by atoms with Crippen LogP contribution < -0.4 is 10.6 Å². The van der Waals surface area contributed by atoms with Crippen molar-refractivity contribution in [3.05, 3.63) is 84.2 Å². The first-order valence-electron chi connectivity index (χ1n) is 10.1. The molecule has 6 heteroatoms. The molecule has 0 spiro atoms. The lowest BCUT2D eigenvalue weighted by Crippen LogP contribution is -2.34. The van der Waals surface area contributed by atoms with Gasteiger partial charge in [-0.3, -0.25) is 9.78 Å². The Morgan fingerprint density at radius 3 is 2.29 bits per heavy atom. The molecule has 31 heavy (non-hydrogen) atoms. The summed E-state index contributed by atoms with van der Waals surface area (Å²) in [5.74, 6) is -0.220. The third-order valence-corrected chi connectivity index (χ3v) is 4.54. The van der Waals surface area contributed by atoms with Gasteiger partial charge in [-0.25, -0.2) is 4.79 Å². The Kier molecular flexibility index (Phi) is 6.70. The molecule has 2 aromatic carbocycles. The van der Waals surface area contributed by atoms with Crippen LogP contribution in [0.25, 0.3) is 11.1 Å². The van der Waals surface area contributed by atoms with Gasteiger partial charge < -0.3 is 15.4 Å². The second-order valence-corrected chi connectivity index (χ2v) is 8.23. The fourth-order valence-electron chi connectivity index (χ4n) is 3.14. The van der Waals surface area contributed by atoms with Crippen molar-refractivity contribution in [1.29, 1.82) is 0 Å². The van der Waals surface area contributed by atoms with Crippen LogP contribution in [0.4, 0.5) is 10.5 Å². The molecule has 2 amide bonds. The second-order valence-electron chi connectivity index (χ2n) is 8.23. The third-order valence-electron chi connectivity index (χ3n) is 4.54. The molecule has 160 valence electrons. The molecule has 3 rings (SSSR count). The van der Waals surface area contributed by atoms with Crippen molar-refractivity contribution in [3.8, 4) is 11.1 Å². The number of carbonyl (C=O) groups is 2. The van der Waals surface area contributed by atoms with Crippen LogP contribution in [0.3, 0.4) is 0 Å². The van der Waals surface area contributed by atoms with E-state index in [9.17, 15) is 9.59 Å². The van der Waals surface area contributed by atoms with Crippen molar-refractivity contribution in [3.63, 3.8) is 0 Å². The van der Waals surface area contributed by atoms with E-state index in [1.165, 1.54) is 0 Å². The Bertz CT molecular complexity index is 1040. The van der Waals surface area contributed by atoms with Crippen molar-refractivity contribution in [2.75, 3.05) is 5.32 Å². The van der Waals surface area contributed by atoms with E-state index in [2.05, 4.69) is 15.6 Å². The Morgan fingerprint density at radius 1 is 0.968 bits per heavy atom. The van der Waals surface area contributed by atoms with Crippen molar-refractivity contribution in [1.82, 2.24) is 10.3 Å². The zero-order valence-corrected chi connectivity index (χ0v) is 18.2. The molecule has 3 aromatic rings. The second kappa shape index (κ2) is 9.43. The van der Waals surface area contributed by atoms with Crippen LogP contribution in [0.15, 0.2) is 73.1 Å². The number of amides is 2. The normalized spacial score (nSPS) is 12.0. The van der Waals surface area contributed by atoms with Crippen molar-refractivity contribution < 1.29 is 14.3 Å². The maximum atomic E-state index is 12.8. The molecule has 1 aromatic heterocycles. The molecular weight excluding hydrogens is 390 g/mol. The summed E-state index contributed by atoms with van der Waals surface area (Å²) >= 11 is 0. The predicted octanol–water partition coefficient (Wildman–Crippen LogP) is 5.59. The van der Waals surface area contributed by atoms with E-state index in [-0.39, 0.29) is 11.9 Å². The number of benzene rings is 2. The van der Waals surface area contributed by atoms with Crippen LogP contribution in [0.1, 0.15) is 49.7 Å². The molecule has 0 saturated heterocycles. The summed E-state index contributed by atoms with van der Waals surface area (Å²) < 4.78 is 5.38. The lowest BCUT2D eigenvalue weighted by atomic mass is 9.93. The largest absolute Gasteiger partial charge is 0.444 e. The predicted molar refractivity (Wildman–Crippen MR) is 122 cm³/mol. The van der Waals surface area contributed by atoms with Crippen LogP contribution in [-0.2, 0) is 4.74 Å². The number of carbonyl (C=O) groups excluding carboxylic acids is 2. The molecule has 1 heterocycles. The lowest BCUT2D eigenvalue weighted by Gasteiger charge is -2.23. The van der Waals surface area contributed by atoms with Gasteiger partial charge in [-0.05, 0) is 68.7 Å². The van der Waals surface area contributed by atoms with Crippen LogP contribution >= 0.6 is 0 Å². The molecule has 0 fully saturated rings. The highest BCUT2D eigenvalue weighted by molar-refractivity contribution is 6.05. The number of hydrogen-bond acceptors (Lipinski definition) is 4. The summed E-state index contributed by atoms with van der Waals surface area (Å²) in [6.07, 6.45) is 2.76. The van der Waals surface area contributed by atoms with E-state index >= 15 is 0 Å². The first kappa shape index (κ1) is 22.0. The van der Waals surface area contributed by atoms with Gasteiger partial charge in [0.1, 0.15) is 5.60 Å². The smallest absolute Gasteiger partial charge is 0.408 e. The van der Waals surface area contributed by atoms with E-state index < -0.39 is 11.7 Å². The lowest BCUT2D eigenvalue weighted by molar-refractivity contribution is 0.0508. The molecule has 6 nitrogen and oxygen atoms in total. The van der Waals surface area contributed by atoms with Gasteiger partial charge in [0.25, 0.3) is 5.91 Å². The summed E-state index contributed by atoms with van der Waals surface area (Å²) in [7, 11) is 0. The molecule has 0 aliphatic rings. The first-order chi connectivity index (χ1) is 14.7. The molecule has 0 radical (unpaired) electrons. The van der Waals surface area contributed by atoms with Crippen LogP contribution in [0.5, 0.6) is 0 Å². The van der Waals surface area contributed by atoms with Gasteiger partial charge in [0, 0.05) is 23.6 Å². The van der Waals surface area contributed by atoms with Gasteiger partial charge in [-0.1, -0.05) is 36.4 Å². The quantitative estimate of drug-likeness (QED) is 0.567. The third kappa shape index (κ3) is 6.15. The number of aromatic nitrogens is 1. The average molecular weight is 418 g/mol. The minimum Gasteiger partial charge on any atom is -0.444 e. The molecule has 1 unspecified atom stereocenters. The molecule has 0 aliphatic heterocycles. The summed E-state index contributed by atoms with van der Waals surface area (Å²) in [4.78, 5) is 29.0. The summed E-state index contributed by atoms with van der Waals surface area (Å²) in [6, 6.07) is 18.4. The molecular formula is C25H27N3O3. The van der Waals surface area contributed by atoms with Crippen LogP contribution in [0.2, 0.25) is 0 Å². The molecule has 0 bridgehead atoms. The molecule has 0 aliphatic carbocycles. The molecule has 0 saturated carbocycles. The Labute approximate surface area is 182 Å². The number of nitrogens with zero attached hydrogens (tertiary/aromatic N) is 1. The van der Waals surface area contributed by atoms with Crippen LogP contribution in [-0.4, -0.2) is 22.6 Å². The van der Waals surface area contributed by atoms with E-state index in [0.29, 0.717) is 11.3 Å². The Morgan fingerprint density at radius 2 is 1.65 bits per heavy atom. The number of nitrogens with one attached hydrogen (secondary N) is 2. The van der Waals surface area contributed by atoms with E-state index in [1.807, 2.05) is 70.2 Å². The zero-order valence-electron chi connectivity index (χ0n) is 18.2. The monoisotopic (exact) mass is 417 g/mol. The molecule has 2 N–H and O–H groups in total. The highest BCUT2D eigenvalue weighted by Crippen LogP contribution is 2.30.